The number of pyridine rings is 1. The quantitative estimate of drug-likeness (QED) is 0.642. The summed E-state index contributed by atoms with van der Waals surface area (Å²) < 4.78 is 0. The summed E-state index contributed by atoms with van der Waals surface area (Å²) in [6.07, 6.45) is 4.27. The second kappa shape index (κ2) is 4.99. The van der Waals surface area contributed by atoms with Crippen molar-refractivity contribution < 1.29 is 14.8 Å². The standard InChI is InChI=1S/C11H13N3O4/c15-11(16)6-8-2-1-5-13(8)9-3-4-12-7-10(9)14(17)18/h3-4,7-8H,1-2,5-6H2,(H,15,16). The molecule has 7 heteroatoms. The minimum atomic E-state index is -0.886. The molecule has 1 atom stereocenters. The second-order valence-corrected chi connectivity index (χ2v) is 4.21. The van der Waals surface area contributed by atoms with Crippen molar-refractivity contribution in [3.63, 3.8) is 0 Å². The van der Waals surface area contributed by atoms with Gasteiger partial charge < -0.3 is 10.0 Å². The molecule has 0 aliphatic carbocycles. The van der Waals surface area contributed by atoms with Crippen LogP contribution in [0.5, 0.6) is 0 Å². The van der Waals surface area contributed by atoms with Crippen LogP contribution in [-0.2, 0) is 4.79 Å². The van der Waals surface area contributed by atoms with Crippen LogP contribution >= 0.6 is 0 Å². The predicted octanol–water partition coefficient (Wildman–Crippen LogP) is 1.43. The maximum atomic E-state index is 10.9. The van der Waals surface area contributed by atoms with Gasteiger partial charge in [0.25, 0.3) is 0 Å². The Balaban J connectivity index is 2.30. The molecule has 0 bridgehead atoms. The first-order valence-electron chi connectivity index (χ1n) is 5.66. The molecule has 7 nitrogen and oxygen atoms in total. The number of carboxylic acids is 1. The molecular weight excluding hydrogens is 238 g/mol. The minimum Gasteiger partial charge on any atom is -0.481 e. The monoisotopic (exact) mass is 251 g/mol. The van der Waals surface area contributed by atoms with Crippen LogP contribution < -0.4 is 4.90 Å². The molecule has 0 aromatic carbocycles. The first kappa shape index (κ1) is 12.3. The lowest BCUT2D eigenvalue weighted by Crippen LogP contribution is -2.31. The van der Waals surface area contributed by atoms with E-state index in [4.69, 9.17) is 5.11 Å². The van der Waals surface area contributed by atoms with Gasteiger partial charge in [-0.15, -0.1) is 0 Å². The van der Waals surface area contributed by atoms with E-state index in [-0.39, 0.29) is 18.2 Å². The van der Waals surface area contributed by atoms with Crippen molar-refractivity contribution >= 4 is 17.3 Å². The van der Waals surface area contributed by atoms with Crippen molar-refractivity contribution in [1.29, 1.82) is 0 Å². The van der Waals surface area contributed by atoms with E-state index in [1.807, 2.05) is 0 Å². The Hall–Kier alpha value is -2.18. The maximum absolute atomic E-state index is 10.9. The molecular formula is C11H13N3O4. The van der Waals surface area contributed by atoms with Crippen LogP contribution in [0.4, 0.5) is 11.4 Å². The number of rotatable bonds is 4. The zero-order valence-corrected chi connectivity index (χ0v) is 9.65. The molecule has 2 heterocycles. The first-order valence-corrected chi connectivity index (χ1v) is 5.66. The molecule has 18 heavy (non-hydrogen) atoms. The fourth-order valence-electron chi connectivity index (χ4n) is 2.33. The average Bonchev–Trinajstić information content (AvgIpc) is 2.76. The Morgan fingerprint density at radius 1 is 1.67 bits per heavy atom. The average molecular weight is 251 g/mol. The third-order valence-electron chi connectivity index (χ3n) is 3.07. The molecule has 1 aliphatic heterocycles. The van der Waals surface area contributed by atoms with Crippen molar-refractivity contribution in [3.8, 4) is 0 Å². The highest BCUT2D eigenvalue weighted by molar-refractivity contribution is 5.70. The number of carbonyl (C=O) groups is 1. The number of hydrogen-bond donors (Lipinski definition) is 1. The fourth-order valence-corrected chi connectivity index (χ4v) is 2.33. The lowest BCUT2D eigenvalue weighted by atomic mass is 10.1. The number of nitrogens with zero attached hydrogens (tertiary/aromatic N) is 3. The van der Waals surface area contributed by atoms with E-state index in [0.29, 0.717) is 12.2 Å². The van der Waals surface area contributed by atoms with E-state index in [1.165, 1.54) is 12.4 Å². The molecule has 0 amide bonds. The summed E-state index contributed by atoms with van der Waals surface area (Å²) in [4.78, 5) is 26.8. The lowest BCUT2D eigenvalue weighted by Gasteiger charge is -2.24. The Morgan fingerprint density at radius 3 is 3.11 bits per heavy atom. The molecule has 96 valence electrons. The summed E-state index contributed by atoms with van der Waals surface area (Å²) in [6, 6.07) is 1.39. The maximum Gasteiger partial charge on any atom is 0.310 e. The molecule has 1 aliphatic rings. The Kier molecular flexibility index (Phi) is 3.40. The minimum absolute atomic E-state index is 0.000519. The van der Waals surface area contributed by atoms with Crippen LogP contribution in [0.15, 0.2) is 18.5 Å². The van der Waals surface area contributed by atoms with E-state index < -0.39 is 10.9 Å². The SMILES string of the molecule is O=C(O)CC1CCCN1c1ccncc1[N+](=O)[O-]. The number of anilines is 1. The molecule has 1 N–H and O–H groups in total. The highest BCUT2D eigenvalue weighted by Crippen LogP contribution is 2.33. The zero-order chi connectivity index (χ0) is 13.1. The van der Waals surface area contributed by atoms with Crippen molar-refractivity contribution in [3.05, 3.63) is 28.6 Å². The molecule has 1 aromatic heterocycles. The molecule has 0 saturated carbocycles. The number of aromatic nitrogens is 1. The molecule has 1 unspecified atom stereocenters. The van der Waals surface area contributed by atoms with Crippen molar-refractivity contribution in [1.82, 2.24) is 4.98 Å². The molecule has 0 radical (unpaired) electrons. The molecule has 1 fully saturated rings. The molecule has 1 saturated heterocycles. The smallest absolute Gasteiger partial charge is 0.310 e. The van der Waals surface area contributed by atoms with Crippen molar-refractivity contribution in [2.45, 2.75) is 25.3 Å². The number of hydrogen-bond acceptors (Lipinski definition) is 5. The van der Waals surface area contributed by atoms with Gasteiger partial charge in [-0.25, -0.2) is 0 Å². The normalized spacial score (nSPS) is 18.9. The van der Waals surface area contributed by atoms with Crippen LogP contribution in [0.2, 0.25) is 0 Å². The van der Waals surface area contributed by atoms with Crippen LogP contribution in [0.3, 0.4) is 0 Å². The van der Waals surface area contributed by atoms with Gasteiger partial charge in [-0.1, -0.05) is 0 Å². The van der Waals surface area contributed by atoms with Gasteiger partial charge in [-0.05, 0) is 18.9 Å². The van der Waals surface area contributed by atoms with Crippen molar-refractivity contribution in [2.24, 2.45) is 0 Å². The number of nitro groups is 1. The third kappa shape index (κ3) is 2.39. The van der Waals surface area contributed by atoms with Gasteiger partial charge in [0.1, 0.15) is 11.9 Å². The topological polar surface area (TPSA) is 96.6 Å². The fraction of sp³-hybridized carbons (Fsp3) is 0.455. The third-order valence-corrected chi connectivity index (χ3v) is 3.07. The van der Waals surface area contributed by atoms with Gasteiger partial charge in [0.15, 0.2) is 0 Å². The predicted molar refractivity (Wildman–Crippen MR) is 63.5 cm³/mol. The Morgan fingerprint density at radius 2 is 2.44 bits per heavy atom. The molecule has 0 spiro atoms. The summed E-state index contributed by atoms with van der Waals surface area (Å²) in [5.74, 6) is -0.886. The summed E-state index contributed by atoms with van der Waals surface area (Å²) in [5.41, 5.74) is 0.383. The van der Waals surface area contributed by atoms with Crippen LogP contribution in [-0.4, -0.2) is 33.6 Å². The zero-order valence-electron chi connectivity index (χ0n) is 9.65. The Labute approximate surface area is 103 Å². The van der Waals surface area contributed by atoms with Crippen molar-refractivity contribution in [2.75, 3.05) is 11.4 Å². The summed E-state index contributed by atoms with van der Waals surface area (Å²) in [7, 11) is 0. The Bertz CT molecular complexity index is 477. The van der Waals surface area contributed by atoms with Crippen LogP contribution in [0.1, 0.15) is 19.3 Å². The largest absolute Gasteiger partial charge is 0.481 e. The highest BCUT2D eigenvalue weighted by atomic mass is 16.6. The van der Waals surface area contributed by atoms with E-state index in [2.05, 4.69) is 4.98 Å². The number of aliphatic carboxylic acids is 1. The van der Waals surface area contributed by atoms with Crippen LogP contribution in [0, 0.1) is 10.1 Å². The van der Waals surface area contributed by atoms with E-state index in [1.54, 1.807) is 11.0 Å². The van der Waals surface area contributed by atoms with E-state index in [0.717, 1.165) is 12.8 Å². The van der Waals surface area contributed by atoms with Gasteiger partial charge >= 0.3 is 11.7 Å². The summed E-state index contributed by atoms with van der Waals surface area (Å²) in [5, 5.41) is 19.8. The first-order chi connectivity index (χ1) is 8.59. The van der Waals surface area contributed by atoms with E-state index in [9.17, 15) is 14.9 Å². The summed E-state index contributed by atoms with van der Waals surface area (Å²) >= 11 is 0. The molecule has 1 aromatic rings. The van der Waals surface area contributed by atoms with Gasteiger partial charge in [0.05, 0.1) is 11.3 Å². The van der Waals surface area contributed by atoms with Gasteiger partial charge in [-0.2, -0.15) is 0 Å². The summed E-state index contributed by atoms with van der Waals surface area (Å²) in [6.45, 7) is 0.642. The molecule has 2 rings (SSSR count). The number of carboxylic acid groups (broad SMARTS) is 1. The van der Waals surface area contributed by atoms with Gasteiger partial charge in [0, 0.05) is 18.8 Å². The van der Waals surface area contributed by atoms with Gasteiger partial charge in [0.2, 0.25) is 0 Å². The van der Waals surface area contributed by atoms with E-state index >= 15 is 0 Å². The van der Waals surface area contributed by atoms with Gasteiger partial charge in [-0.3, -0.25) is 19.9 Å². The second-order valence-electron chi connectivity index (χ2n) is 4.21. The van der Waals surface area contributed by atoms with Crippen LogP contribution in [0.25, 0.3) is 0 Å². The lowest BCUT2D eigenvalue weighted by molar-refractivity contribution is -0.384. The highest BCUT2D eigenvalue weighted by Gasteiger charge is 2.30.